The van der Waals surface area contributed by atoms with Gasteiger partial charge in [0.1, 0.15) is 5.82 Å². The Morgan fingerprint density at radius 2 is 2.11 bits per heavy atom. The Bertz CT molecular complexity index is 948. The first-order valence-electron chi connectivity index (χ1n) is 8.94. The topological polar surface area (TPSA) is 95.2 Å². The minimum Gasteiger partial charge on any atom is -0.465 e. The van der Waals surface area contributed by atoms with E-state index in [1.165, 1.54) is 12.7 Å². The molecule has 3 heterocycles. The van der Waals surface area contributed by atoms with Crippen LogP contribution in [0.1, 0.15) is 15.9 Å². The number of pyridine rings is 1. The van der Waals surface area contributed by atoms with E-state index in [0.717, 1.165) is 49.6 Å². The molecule has 0 unspecified atom stereocenters. The molecule has 1 aliphatic rings. The summed E-state index contributed by atoms with van der Waals surface area (Å²) in [5, 5.41) is 6.57. The highest BCUT2D eigenvalue weighted by molar-refractivity contribution is 5.94. The van der Waals surface area contributed by atoms with E-state index >= 15 is 0 Å². The normalized spacial score (nSPS) is 15.0. The molecule has 140 valence electrons. The van der Waals surface area contributed by atoms with Gasteiger partial charge in [0.15, 0.2) is 0 Å². The highest BCUT2D eigenvalue weighted by Crippen LogP contribution is 2.20. The summed E-state index contributed by atoms with van der Waals surface area (Å²) < 4.78 is 4.76. The summed E-state index contributed by atoms with van der Waals surface area (Å²) in [5.74, 6) is 0.942. The number of esters is 1. The van der Waals surface area contributed by atoms with Crippen LogP contribution in [0.25, 0.3) is 11.0 Å². The molecule has 3 N–H and O–H groups in total. The monoisotopic (exact) mass is 366 g/mol. The van der Waals surface area contributed by atoms with Crippen LogP contribution in [0.2, 0.25) is 0 Å². The van der Waals surface area contributed by atoms with Crippen molar-refractivity contribution in [1.82, 2.24) is 25.2 Å². The number of carbonyl (C=O) groups is 1. The van der Waals surface area contributed by atoms with Crippen molar-refractivity contribution in [3.63, 3.8) is 0 Å². The van der Waals surface area contributed by atoms with Gasteiger partial charge >= 0.3 is 5.97 Å². The average Bonchev–Trinajstić information content (AvgIpc) is 3.09. The number of nitrogens with one attached hydrogen (secondary N) is 3. The molecule has 1 aliphatic heterocycles. The molecule has 0 atom stereocenters. The fraction of sp³-hybridized carbons (Fsp3) is 0.316. The van der Waals surface area contributed by atoms with Gasteiger partial charge in [-0.05, 0) is 35.9 Å². The largest absolute Gasteiger partial charge is 0.465 e. The summed E-state index contributed by atoms with van der Waals surface area (Å²) >= 11 is 0. The van der Waals surface area contributed by atoms with Crippen molar-refractivity contribution in [2.45, 2.75) is 6.54 Å². The zero-order chi connectivity index (χ0) is 18.6. The number of anilines is 2. The van der Waals surface area contributed by atoms with Crippen LogP contribution in [0.5, 0.6) is 0 Å². The molecule has 0 aliphatic carbocycles. The van der Waals surface area contributed by atoms with Gasteiger partial charge in [-0.2, -0.15) is 0 Å². The molecular weight excluding hydrogens is 344 g/mol. The molecule has 8 heteroatoms. The van der Waals surface area contributed by atoms with Crippen molar-refractivity contribution < 1.29 is 9.53 Å². The van der Waals surface area contributed by atoms with E-state index in [4.69, 9.17) is 4.74 Å². The molecule has 4 rings (SSSR count). The molecule has 0 radical (unpaired) electrons. The van der Waals surface area contributed by atoms with Crippen LogP contribution in [0.3, 0.4) is 0 Å². The lowest BCUT2D eigenvalue weighted by molar-refractivity contribution is 0.0601. The molecule has 2 aromatic heterocycles. The number of carbonyl (C=O) groups excluding carboxylic acids is 1. The van der Waals surface area contributed by atoms with Crippen molar-refractivity contribution in [3.8, 4) is 0 Å². The van der Waals surface area contributed by atoms with Crippen LogP contribution in [0, 0.1) is 0 Å². The first-order valence-corrected chi connectivity index (χ1v) is 8.94. The minimum absolute atomic E-state index is 0.372. The van der Waals surface area contributed by atoms with Crippen molar-refractivity contribution in [1.29, 1.82) is 0 Å². The lowest BCUT2D eigenvalue weighted by Crippen LogP contribution is -2.42. The number of aromatic nitrogens is 3. The van der Waals surface area contributed by atoms with E-state index in [0.29, 0.717) is 11.5 Å². The summed E-state index contributed by atoms with van der Waals surface area (Å²) in [6.07, 6.45) is 1.80. The second-order valence-electron chi connectivity index (χ2n) is 6.51. The van der Waals surface area contributed by atoms with Gasteiger partial charge in [0.05, 0.1) is 23.7 Å². The van der Waals surface area contributed by atoms with Crippen LogP contribution < -0.4 is 10.6 Å². The van der Waals surface area contributed by atoms with Crippen LogP contribution in [0.15, 0.2) is 36.5 Å². The molecular formula is C19H22N6O2. The number of hydrogen-bond donors (Lipinski definition) is 3. The average molecular weight is 366 g/mol. The quantitative estimate of drug-likeness (QED) is 0.594. The maximum Gasteiger partial charge on any atom is 0.337 e. The van der Waals surface area contributed by atoms with E-state index in [1.807, 2.05) is 12.1 Å². The van der Waals surface area contributed by atoms with Gasteiger partial charge in [-0.15, -0.1) is 0 Å². The number of hydrogen-bond acceptors (Lipinski definition) is 7. The maximum absolute atomic E-state index is 11.7. The van der Waals surface area contributed by atoms with Crippen LogP contribution in [0.4, 0.5) is 11.8 Å². The van der Waals surface area contributed by atoms with E-state index in [1.54, 1.807) is 24.4 Å². The third-order valence-electron chi connectivity index (χ3n) is 4.59. The Morgan fingerprint density at radius 3 is 2.93 bits per heavy atom. The summed E-state index contributed by atoms with van der Waals surface area (Å²) in [5.41, 5.74) is 3.22. The summed E-state index contributed by atoms with van der Waals surface area (Å²) in [7, 11) is 1.37. The molecule has 3 aromatic rings. The predicted molar refractivity (Wildman–Crippen MR) is 103 cm³/mol. The number of H-pyrrole nitrogens is 1. The number of aromatic amines is 1. The van der Waals surface area contributed by atoms with Gasteiger partial charge < -0.3 is 20.4 Å². The third kappa shape index (κ3) is 4.07. The van der Waals surface area contributed by atoms with Crippen LogP contribution in [-0.4, -0.2) is 59.1 Å². The van der Waals surface area contributed by atoms with Gasteiger partial charge in [-0.3, -0.25) is 4.90 Å². The van der Waals surface area contributed by atoms with E-state index in [-0.39, 0.29) is 5.97 Å². The zero-order valence-electron chi connectivity index (χ0n) is 15.2. The molecule has 8 nitrogen and oxygen atoms in total. The second-order valence-corrected chi connectivity index (χ2v) is 6.51. The Balaban J connectivity index is 1.49. The fourth-order valence-electron chi connectivity index (χ4n) is 3.20. The van der Waals surface area contributed by atoms with Crippen molar-refractivity contribution in [2.75, 3.05) is 38.6 Å². The number of rotatable bonds is 5. The highest BCUT2D eigenvalue weighted by Gasteiger charge is 2.12. The number of ether oxygens (including phenoxy) is 1. The van der Waals surface area contributed by atoms with Gasteiger partial charge in [-0.25, -0.2) is 14.8 Å². The minimum atomic E-state index is -0.372. The van der Waals surface area contributed by atoms with Crippen molar-refractivity contribution >= 4 is 28.8 Å². The molecule has 0 spiro atoms. The number of methoxy groups -OCH3 is 1. The van der Waals surface area contributed by atoms with Crippen molar-refractivity contribution in [3.05, 3.63) is 47.7 Å². The number of piperazine rings is 1. The summed E-state index contributed by atoms with van der Waals surface area (Å²) in [6, 6.07) is 9.29. The second kappa shape index (κ2) is 7.73. The van der Waals surface area contributed by atoms with Gasteiger partial charge in [-0.1, -0.05) is 0 Å². The Labute approximate surface area is 157 Å². The molecule has 0 amide bonds. The summed E-state index contributed by atoms with van der Waals surface area (Å²) in [6.45, 7) is 5.07. The van der Waals surface area contributed by atoms with Crippen molar-refractivity contribution in [2.24, 2.45) is 0 Å². The van der Waals surface area contributed by atoms with E-state index < -0.39 is 0 Å². The SMILES string of the molecule is COC(=O)c1ccc2nc(Nc3cc(CN4CCNCC4)ccn3)[nH]c2c1. The molecule has 1 fully saturated rings. The first-order chi connectivity index (χ1) is 13.2. The molecule has 27 heavy (non-hydrogen) atoms. The van der Waals surface area contributed by atoms with Gasteiger partial charge in [0, 0.05) is 38.9 Å². The van der Waals surface area contributed by atoms with E-state index in [2.05, 4.69) is 30.5 Å². The third-order valence-corrected chi connectivity index (χ3v) is 4.59. The Hall–Kier alpha value is -2.97. The smallest absolute Gasteiger partial charge is 0.337 e. The molecule has 0 bridgehead atoms. The highest BCUT2D eigenvalue weighted by atomic mass is 16.5. The predicted octanol–water partition coefficient (Wildman–Crippen LogP) is 1.89. The standard InChI is InChI=1S/C19H22N6O2/c1-27-18(26)14-2-3-15-16(11-14)23-19(22-15)24-17-10-13(4-5-21-17)12-25-8-6-20-7-9-25/h2-5,10-11,20H,6-9,12H2,1H3,(H2,21,22,23,24). The first kappa shape index (κ1) is 17.4. The van der Waals surface area contributed by atoms with Gasteiger partial charge in [0.2, 0.25) is 5.95 Å². The van der Waals surface area contributed by atoms with Crippen LogP contribution in [-0.2, 0) is 11.3 Å². The number of nitrogens with zero attached hydrogens (tertiary/aromatic N) is 3. The number of imidazole rings is 1. The molecule has 1 saturated heterocycles. The number of benzene rings is 1. The van der Waals surface area contributed by atoms with E-state index in [9.17, 15) is 4.79 Å². The molecule has 1 aromatic carbocycles. The summed E-state index contributed by atoms with van der Waals surface area (Å²) in [4.78, 5) is 26.1. The Kier molecular flexibility index (Phi) is 4.99. The lowest BCUT2D eigenvalue weighted by atomic mass is 10.2. The Morgan fingerprint density at radius 1 is 1.26 bits per heavy atom. The number of fused-ring (bicyclic) bond motifs is 1. The maximum atomic E-state index is 11.7. The molecule has 0 saturated carbocycles. The fourth-order valence-corrected chi connectivity index (χ4v) is 3.20. The lowest BCUT2D eigenvalue weighted by Gasteiger charge is -2.27. The van der Waals surface area contributed by atoms with Crippen LogP contribution >= 0.6 is 0 Å². The van der Waals surface area contributed by atoms with Gasteiger partial charge in [0.25, 0.3) is 0 Å². The zero-order valence-corrected chi connectivity index (χ0v) is 15.2.